The second-order valence-corrected chi connectivity index (χ2v) is 7.52. The number of hydrogen-bond acceptors (Lipinski definition) is 7. The Hall–Kier alpha value is -3.59. The van der Waals surface area contributed by atoms with Gasteiger partial charge in [-0.05, 0) is 49.4 Å². The van der Waals surface area contributed by atoms with E-state index in [2.05, 4.69) is 15.6 Å². The zero-order valence-corrected chi connectivity index (χ0v) is 17.7. The van der Waals surface area contributed by atoms with E-state index in [1.165, 1.54) is 11.8 Å². The summed E-state index contributed by atoms with van der Waals surface area (Å²) in [7, 11) is 0. The molecule has 0 saturated heterocycles. The number of nitrogens with zero attached hydrogens (tertiary/aromatic N) is 1. The Labute approximate surface area is 183 Å². The van der Waals surface area contributed by atoms with Crippen LogP contribution < -0.4 is 16.4 Å². The van der Waals surface area contributed by atoms with Crippen molar-refractivity contribution >= 4 is 51.7 Å². The average Bonchev–Trinajstić information content (AvgIpc) is 2.91. The first kappa shape index (κ1) is 22.1. The molecule has 8 nitrogen and oxygen atoms in total. The van der Waals surface area contributed by atoms with Gasteiger partial charge in [0.25, 0.3) is 0 Å². The summed E-state index contributed by atoms with van der Waals surface area (Å²) in [6.45, 7) is 2.06. The topological polar surface area (TPSA) is 123 Å². The Morgan fingerprint density at radius 1 is 1.13 bits per heavy atom. The summed E-state index contributed by atoms with van der Waals surface area (Å²) in [5.41, 5.74) is 8.26. The van der Waals surface area contributed by atoms with E-state index in [1.807, 2.05) is 24.3 Å². The van der Waals surface area contributed by atoms with Crippen LogP contribution >= 0.6 is 11.8 Å². The molecule has 1 aliphatic rings. The first-order valence-electron chi connectivity index (χ1n) is 9.58. The molecule has 0 aromatic heterocycles. The van der Waals surface area contributed by atoms with Crippen LogP contribution in [-0.2, 0) is 14.3 Å². The number of anilines is 2. The first-order chi connectivity index (χ1) is 14.9. The number of para-hydroxylation sites is 2. The lowest BCUT2D eigenvalue weighted by molar-refractivity contribution is -0.142. The van der Waals surface area contributed by atoms with Crippen molar-refractivity contribution in [2.45, 2.75) is 13.3 Å². The van der Waals surface area contributed by atoms with E-state index < -0.39 is 5.91 Å². The third-order valence-electron chi connectivity index (χ3n) is 4.17. The highest BCUT2D eigenvalue weighted by Crippen LogP contribution is 2.31. The molecule has 1 aliphatic heterocycles. The van der Waals surface area contributed by atoms with Crippen molar-refractivity contribution in [1.82, 2.24) is 0 Å². The predicted molar refractivity (Wildman–Crippen MR) is 123 cm³/mol. The molecular formula is C22H22N4O4S. The van der Waals surface area contributed by atoms with E-state index in [9.17, 15) is 14.4 Å². The molecule has 160 valence electrons. The minimum absolute atomic E-state index is 0.0696. The van der Waals surface area contributed by atoms with Crippen molar-refractivity contribution in [3.05, 3.63) is 65.9 Å². The maximum atomic E-state index is 12.4. The lowest BCUT2D eigenvalue weighted by Gasteiger charge is -2.10. The monoisotopic (exact) mass is 438 g/mol. The van der Waals surface area contributed by atoms with Crippen molar-refractivity contribution < 1.29 is 19.1 Å². The summed E-state index contributed by atoms with van der Waals surface area (Å²) in [6, 6.07) is 13.8. The van der Waals surface area contributed by atoms with Crippen molar-refractivity contribution in [1.29, 1.82) is 0 Å². The highest BCUT2D eigenvalue weighted by Gasteiger charge is 2.15. The SMILES string of the molecule is CCOC(=O)CC1=CC(SCC(=O)Nc2ccc(C(N)=O)cc2)=Nc2ccccc2N1. The number of primary amides is 1. The Morgan fingerprint density at radius 2 is 1.87 bits per heavy atom. The fourth-order valence-corrected chi connectivity index (χ4v) is 3.52. The molecule has 3 rings (SSSR count). The van der Waals surface area contributed by atoms with E-state index in [0.29, 0.717) is 34.3 Å². The lowest BCUT2D eigenvalue weighted by Crippen LogP contribution is -2.16. The van der Waals surface area contributed by atoms with Gasteiger partial charge in [0.2, 0.25) is 11.8 Å². The van der Waals surface area contributed by atoms with Crippen LogP contribution in [0.25, 0.3) is 0 Å². The smallest absolute Gasteiger partial charge is 0.311 e. The van der Waals surface area contributed by atoms with Crippen molar-refractivity contribution in [2.75, 3.05) is 23.0 Å². The fraction of sp³-hybridized carbons (Fsp3) is 0.182. The van der Waals surface area contributed by atoms with Crippen LogP contribution in [0.5, 0.6) is 0 Å². The van der Waals surface area contributed by atoms with Crippen LogP contribution in [0.1, 0.15) is 23.7 Å². The number of thioether (sulfide) groups is 1. The molecule has 31 heavy (non-hydrogen) atoms. The van der Waals surface area contributed by atoms with Crippen molar-refractivity contribution in [2.24, 2.45) is 10.7 Å². The Kier molecular flexibility index (Phi) is 7.45. The van der Waals surface area contributed by atoms with Gasteiger partial charge in [0.1, 0.15) is 0 Å². The molecule has 4 N–H and O–H groups in total. The number of fused-ring (bicyclic) bond motifs is 1. The molecule has 0 fully saturated rings. The number of esters is 1. The summed E-state index contributed by atoms with van der Waals surface area (Å²) in [4.78, 5) is 40.0. The molecule has 0 unspecified atom stereocenters. The Bertz CT molecular complexity index is 1050. The van der Waals surface area contributed by atoms with Gasteiger partial charge in [-0.15, -0.1) is 0 Å². The van der Waals surface area contributed by atoms with Gasteiger partial charge in [0.05, 0.1) is 35.2 Å². The number of hydrogen-bond donors (Lipinski definition) is 3. The largest absolute Gasteiger partial charge is 0.466 e. The van der Waals surface area contributed by atoms with Crippen LogP contribution in [0.3, 0.4) is 0 Å². The van der Waals surface area contributed by atoms with Gasteiger partial charge >= 0.3 is 5.97 Å². The second kappa shape index (κ2) is 10.4. The molecule has 0 atom stereocenters. The number of ether oxygens (including phenoxy) is 1. The summed E-state index contributed by atoms with van der Waals surface area (Å²) in [5.74, 6) is -0.992. The summed E-state index contributed by atoms with van der Waals surface area (Å²) < 4.78 is 5.04. The minimum atomic E-state index is -0.529. The van der Waals surface area contributed by atoms with Gasteiger partial charge in [0, 0.05) is 16.9 Å². The molecule has 2 aromatic carbocycles. The highest BCUT2D eigenvalue weighted by molar-refractivity contribution is 8.14. The Balaban J connectivity index is 1.68. The van der Waals surface area contributed by atoms with Gasteiger partial charge in [-0.3, -0.25) is 14.4 Å². The van der Waals surface area contributed by atoms with Gasteiger partial charge in [0.15, 0.2) is 0 Å². The van der Waals surface area contributed by atoms with E-state index in [0.717, 1.165) is 5.69 Å². The number of nitrogens with one attached hydrogen (secondary N) is 2. The molecule has 0 saturated carbocycles. The van der Waals surface area contributed by atoms with Crippen molar-refractivity contribution in [3.63, 3.8) is 0 Å². The molecule has 0 bridgehead atoms. The molecule has 2 aromatic rings. The average molecular weight is 439 g/mol. The third-order valence-corrected chi connectivity index (χ3v) is 5.08. The van der Waals surface area contributed by atoms with Crippen LogP contribution in [0, 0.1) is 0 Å². The molecular weight excluding hydrogens is 416 g/mol. The quantitative estimate of drug-likeness (QED) is 0.569. The van der Waals surface area contributed by atoms with Gasteiger partial charge in [-0.1, -0.05) is 23.9 Å². The zero-order chi connectivity index (χ0) is 22.2. The maximum Gasteiger partial charge on any atom is 0.311 e. The summed E-state index contributed by atoms with van der Waals surface area (Å²) in [5, 5.41) is 6.57. The standard InChI is InChI=1S/C22H22N4O4S/c1-2-30-21(28)12-16-11-20(26-18-6-4-3-5-17(18)24-16)31-13-19(27)25-15-9-7-14(8-10-15)22(23)29/h3-11,24H,2,12-13H2,1H3,(H2,23,29)(H,25,27). The van der Waals surface area contributed by atoms with Crippen LogP contribution in [0.15, 0.2) is 65.3 Å². The second-order valence-electron chi connectivity index (χ2n) is 6.52. The number of carbonyl (C=O) groups excluding carboxylic acids is 3. The van der Waals surface area contributed by atoms with Gasteiger partial charge < -0.3 is 21.1 Å². The molecule has 0 spiro atoms. The molecule has 0 aliphatic carbocycles. The van der Waals surface area contributed by atoms with E-state index in [-0.39, 0.29) is 24.1 Å². The van der Waals surface area contributed by atoms with Crippen LogP contribution in [-0.4, -0.2) is 35.2 Å². The Morgan fingerprint density at radius 3 is 2.58 bits per heavy atom. The zero-order valence-electron chi connectivity index (χ0n) is 16.9. The minimum Gasteiger partial charge on any atom is -0.466 e. The number of aliphatic imine (C=N–C) groups is 1. The number of rotatable bonds is 7. The number of carbonyl (C=O) groups is 3. The number of nitrogens with two attached hydrogens (primary N) is 1. The molecule has 0 radical (unpaired) electrons. The van der Waals surface area contributed by atoms with Crippen LogP contribution in [0.4, 0.5) is 17.1 Å². The lowest BCUT2D eigenvalue weighted by atomic mass is 10.2. The van der Waals surface area contributed by atoms with Crippen LogP contribution in [0.2, 0.25) is 0 Å². The molecule has 2 amide bonds. The summed E-state index contributed by atoms with van der Waals surface area (Å²) in [6.07, 6.45) is 1.82. The van der Waals surface area contributed by atoms with Gasteiger partial charge in [-0.25, -0.2) is 4.99 Å². The van der Waals surface area contributed by atoms with E-state index in [1.54, 1.807) is 37.3 Å². The maximum absolute atomic E-state index is 12.4. The molecule has 9 heteroatoms. The number of amides is 2. The van der Waals surface area contributed by atoms with E-state index in [4.69, 9.17) is 10.5 Å². The predicted octanol–water partition coefficient (Wildman–Crippen LogP) is 3.45. The number of benzene rings is 2. The first-order valence-corrected chi connectivity index (χ1v) is 10.6. The van der Waals surface area contributed by atoms with E-state index >= 15 is 0 Å². The molecule has 1 heterocycles. The normalized spacial score (nSPS) is 12.4. The highest BCUT2D eigenvalue weighted by atomic mass is 32.2. The third kappa shape index (κ3) is 6.45. The van der Waals surface area contributed by atoms with Gasteiger partial charge in [-0.2, -0.15) is 0 Å². The fourth-order valence-electron chi connectivity index (χ4n) is 2.78. The van der Waals surface area contributed by atoms with Crippen molar-refractivity contribution in [3.8, 4) is 0 Å². The summed E-state index contributed by atoms with van der Waals surface area (Å²) >= 11 is 1.25.